The fourth-order valence-corrected chi connectivity index (χ4v) is 3.52. The summed E-state index contributed by atoms with van der Waals surface area (Å²) in [5.74, 6) is 0.323. The van der Waals surface area contributed by atoms with E-state index in [1.807, 2.05) is 18.2 Å². The molecule has 0 spiro atoms. The van der Waals surface area contributed by atoms with Crippen molar-refractivity contribution in [2.24, 2.45) is 5.92 Å². The summed E-state index contributed by atoms with van der Waals surface area (Å²) in [6.45, 7) is 5.11. The van der Waals surface area contributed by atoms with Crippen molar-refractivity contribution < 1.29 is 4.79 Å². The molecule has 0 N–H and O–H groups in total. The number of rotatable bonds is 4. The molecule has 2 atom stereocenters. The van der Waals surface area contributed by atoms with Crippen LogP contribution in [0.1, 0.15) is 40.0 Å². The number of carbonyl (C=O) groups is 1. The third-order valence-corrected chi connectivity index (χ3v) is 4.75. The number of hydrogen-bond donors (Lipinski definition) is 0. The first-order valence-electron chi connectivity index (χ1n) is 7.97. The zero-order valence-electron chi connectivity index (χ0n) is 13.5. The first-order chi connectivity index (χ1) is 10.6. The van der Waals surface area contributed by atoms with Crippen molar-refractivity contribution in [2.45, 2.75) is 26.3 Å². The Morgan fingerprint density at radius 1 is 1.09 bits per heavy atom. The van der Waals surface area contributed by atoms with Crippen LogP contribution in [0.25, 0.3) is 0 Å². The summed E-state index contributed by atoms with van der Waals surface area (Å²) < 4.78 is 0. The Hall–Kier alpha value is -1.93. The Balaban J connectivity index is 1.79. The first-order valence-corrected chi connectivity index (χ1v) is 7.97. The molecule has 2 heteroatoms. The highest BCUT2D eigenvalue weighted by molar-refractivity contribution is 6.02. The average molecular weight is 293 g/mol. The molecule has 1 aliphatic rings. The Morgan fingerprint density at radius 3 is 2.55 bits per heavy atom. The minimum atomic E-state index is 0.0394. The smallest absolute Gasteiger partial charge is 0.167 e. The number of nitrogens with zero attached hydrogens (tertiary/aromatic N) is 1. The van der Waals surface area contributed by atoms with Crippen molar-refractivity contribution in [3.8, 4) is 0 Å². The summed E-state index contributed by atoms with van der Waals surface area (Å²) >= 11 is 0. The molecule has 0 heterocycles. The molecule has 0 aliphatic heterocycles. The van der Waals surface area contributed by atoms with Crippen LogP contribution in [-0.4, -0.2) is 24.3 Å². The number of carbonyl (C=O) groups excluding carboxylic acids is 1. The van der Waals surface area contributed by atoms with Crippen LogP contribution >= 0.6 is 0 Å². The maximum absolute atomic E-state index is 12.5. The fraction of sp³-hybridized carbons (Fsp3) is 0.350. The normalized spacial score (nSPS) is 20.5. The number of ketones is 1. The molecule has 114 valence electrons. The van der Waals surface area contributed by atoms with Crippen LogP contribution in [0.3, 0.4) is 0 Å². The Labute approximate surface area is 132 Å². The van der Waals surface area contributed by atoms with E-state index < -0.39 is 0 Å². The van der Waals surface area contributed by atoms with Crippen molar-refractivity contribution in [3.63, 3.8) is 0 Å². The van der Waals surface area contributed by atoms with Gasteiger partial charge in [-0.2, -0.15) is 0 Å². The molecule has 3 rings (SSSR count). The van der Waals surface area contributed by atoms with Gasteiger partial charge in [0.15, 0.2) is 5.78 Å². The van der Waals surface area contributed by atoms with Crippen LogP contribution in [0.4, 0.5) is 0 Å². The van der Waals surface area contributed by atoms with Gasteiger partial charge in [0, 0.05) is 24.1 Å². The van der Waals surface area contributed by atoms with Crippen LogP contribution in [0.15, 0.2) is 48.5 Å². The molecule has 2 nitrogen and oxygen atoms in total. The van der Waals surface area contributed by atoms with Gasteiger partial charge in [-0.05, 0) is 31.5 Å². The summed E-state index contributed by atoms with van der Waals surface area (Å²) in [5.41, 5.74) is 4.68. The lowest BCUT2D eigenvalue weighted by Crippen LogP contribution is -2.30. The number of aryl methyl sites for hydroxylation is 1. The molecule has 0 bridgehead atoms. The van der Waals surface area contributed by atoms with Gasteiger partial charge in [-0.25, -0.2) is 0 Å². The highest BCUT2D eigenvalue weighted by atomic mass is 16.1. The van der Waals surface area contributed by atoms with Crippen molar-refractivity contribution in [1.29, 1.82) is 0 Å². The van der Waals surface area contributed by atoms with Gasteiger partial charge >= 0.3 is 0 Å². The zero-order valence-corrected chi connectivity index (χ0v) is 13.5. The van der Waals surface area contributed by atoms with Crippen LogP contribution in [0.5, 0.6) is 0 Å². The van der Waals surface area contributed by atoms with Gasteiger partial charge in [0.2, 0.25) is 0 Å². The van der Waals surface area contributed by atoms with E-state index in [-0.39, 0.29) is 17.7 Å². The van der Waals surface area contributed by atoms with E-state index >= 15 is 0 Å². The maximum atomic E-state index is 12.5. The first kappa shape index (κ1) is 15.0. The number of likely N-dealkylation sites (N-methyl/N-ethyl adjacent to an activating group) is 1. The van der Waals surface area contributed by atoms with E-state index in [1.54, 1.807) is 0 Å². The number of benzene rings is 2. The minimum absolute atomic E-state index is 0.0394. The summed E-state index contributed by atoms with van der Waals surface area (Å²) in [7, 11) is 2.13. The summed E-state index contributed by atoms with van der Waals surface area (Å²) in [6, 6.07) is 16.9. The number of hydrogen-bond acceptors (Lipinski definition) is 2. The van der Waals surface area contributed by atoms with Gasteiger partial charge in [-0.3, -0.25) is 9.69 Å². The van der Waals surface area contributed by atoms with E-state index in [0.29, 0.717) is 0 Å². The van der Waals surface area contributed by atoms with Gasteiger partial charge < -0.3 is 0 Å². The zero-order chi connectivity index (χ0) is 15.7. The minimum Gasteiger partial charge on any atom is -0.298 e. The molecule has 2 unspecified atom stereocenters. The molecule has 0 aromatic heterocycles. The third-order valence-electron chi connectivity index (χ3n) is 4.75. The molecular formula is C20H23NO. The van der Waals surface area contributed by atoms with E-state index in [2.05, 4.69) is 56.1 Å². The summed E-state index contributed by atoms with van der Waals surface area (Å²) in [5, 5.41) is 0. The third kappa shape index (κ3) is 2.71. The lowest BCUT2D eigenvalue weighted by atomic mass is 9.99. The average Bonchev–Trinajstić information content (AvgIpc) is 2.77. The quantitative estimate of drug-likeness (QED) is 0.848. The number of Topliss-reactive ketones (excluding diaryl/α,β-unsaturated/α-hetero) is 1. The monoisotopic (exact) mass is 293 g/mol. The molecule has 0 fully saturated rings. The van der Waals surface area contributed by atoms with Crippen molar-refractivity contribution >= 4 is 5.78 Å². The maximum Gasteiger partial charge on any atom is 0.167 e. The van der Waals surface area contributed by atoms with Gasteiger partial charge in [0.25, 0.3) is 0 Å². The second-order valence-corrected chi connectivity index (χ2v) is 6.40. The summed E-state index contributed by atoms with van der Waals surface area (Å²) in [6.07, 6.45) is 1.01. The molecule has 2 aromatic rings. The van der Waals surface area contributed by atoms with Crippen molar-refractivity contribution in [1.82, 2.24) is 4.90 Å². The van der Waals surface area contributed by atoms with Crippen LogP contribution in [0.2, 0.25) is 0 Å². The highest BCUT2D eigenvalue weighted by Gasteiger charge is 2.38. The Kier molecular flexibility index (Phi) is 4.12. The highest BCUT2D eigenvalue weighted by Crippen LogP contribution is 2.39. The van der Waals surface area contributed by atoms with Gasteiger partial charge in [0.05, 0.1) is 0 Å². The van der Waals surface area contributed by atoms with Gasteiger partial charge in [-0.1, -0.05) is 61.0 Å². The van der Waals surface area contributed by atoms with Crippen molar-refractivity contribution in [3.05, 3.63) is 70.8 Å². The number of fused-ring (bicyclic) bond motifs is 1. The molecule has 1 aliphatic carbocycles. The Bertz CT molecular complexity index is 677. The molecule has 22 heavy (non-hydrogen) atoms. The van der Waals surface area contributed by atoms with E-state index in [0.717, 1.165) is 18.5 Å². The SMILES string of the molecule is Cc1ccc2c(c1)C(N(C)CCc1ccccc1)C(C)C2=O. The predicted molar refractivity (Wildman–Crippen MR) is 90.2 cm³/mol. The predicted octanol–water partition coefficient (Wildman–Crippen LogP) is 4.04. The van der Waals surface area contributed by atoms with Crippen molar-refractivity contribution in [2.75, 3.05) is 13.6 Å². The van der Waals surface area contributed by atoms with E-state index in [9.17, 15) is 4.79 Å². The van der Waals surface area contributed by atoms with E-state index in [1.165, 1.54) is 16.7 Å². The van der Waals surface area contributed by atoms with Gasteiger partial charge in [-0.15, -0.1) is 0 Å². The lowest BCUT2D eigenvalue weighted by Gasteiger charge is -2.28. The lowest BCUT2D eigenvalue weighted by molar-refractivity contribution is 0.0877. The second kappa shape index (κ2) is 6.05. The fourth-order valence-electron chi connectivity index (χ4n) is 3.52. The largest absolute Gasteiger partial charge is 0.298 e. The van der Waals surface area contributed by atoms with Crippen LogP contribution in [-0.2, 0) is 6.42 Å². The summed E-state index contributed by atoms with van der Waals surface area (Å²) in [4.78, 5) is 14.8. The van der Waals surface area contributed by atoms with Gasteiger partial charge in [0.1, 0.15) is 0 Å². The molecule has 0 radical (unpaired) electrons. The molecular weight excluding hydrogens is 270 g/mol. The van der Waals surface area contributed by atoms with Crippen LogP contribution < -0.4 is 0 Å². The standard InChI is InChI=1S/C20H23NO/c1-14-9-10-17-18(13-14)19(15(2)20(17)22)21(3)12-11-16-7-5-4-6-8-16/h4-10,13,15,19H,11-12H2,1-3H3. The van der Waals surface area contributed by atoms with Crippen LogP contribution in [0, 0.1) is 12.8 Å². The molecule has 0 saturated heterocycles. The van der Waals surface area contributed by atoms with E-state index in [4.69, 9.17) is 0 Å². The topological polar surface area (TPSA) is 20.3 Å². The second-order valence-electron chi connectivity index (χ2n) is 6.40. The molecule has 0 saturated carbocycles. The molecule has 0 amide bonds. The molecule has 2 aromatic carbocycles. The Morgan fingerprint density at radius 2 is 1.82 bits per heavy atom.